The largest absolute Gasteiger partial charge is 0.630 e. The first kappa shape index (κ1) is 17.5. The molecule has 6 heteroatoms. The Kier molecular flexibility index (Phi) is 6.90. The zero-order valence-electron chi connectivity index (χ0n) is 11.9. The molecular formula is C16H15I2NO3+. The maximum absolute atomic E-state index is 11.7. The van der Waals surface area contributed by atoms with Crippen molar-refractivity contribution in [1.82, 2.24) is 5.48 Å². The fourth-order valence-corrected chi connectivity index (χ4v) is 4.23. The molecule has 2 aromatic rings. The molecule has 0 aliphatic rings. The Balaban J connectivity index is 1.83. The molecule has 0 fully saturated rings. The van der Waals surface area contributed by atoms with Crippen molar-refractivity contribution in [2.45, 2.75) is 6.42 Å². The van der Waals surface area contributed by atoms with E-state index in [4.69, 9.17) is 9.57 Å². The van der Waals surface area contributed by atoms with Crippen LogP contribution in [0.25, 0.3) is 0 Å². The Hall–Kier alpha value is -0.870. The first-order valence-electron chi connectivity index (χ1n) is 6.63. The van der Waals surface area contributed by atoms with Gasteiger partial charge in [-0.1, -0.05) is 18.2 Å². The Labute approximate surface area is 156 Å². The average molecular weight is 523 g/mol. The van der Waals surface area contributed by atoms with Gasteiger partial charge in [0.25, 0.3) is 0 Å². The molecule has 0 atom stereocenters. The number of benzene rings is 2. The number of carbonyl (C=O) groups excluding carboxylic acids is 1. The van der Waals surface area contributed by atoms with E-state index in [0.29, 0.717) is 12.1 Å². The number of hydrogen-bond donors (Lipinski definition) is 1. The molecule has 2 aromatic carbocycles. The lowest BCUT2D eigenvalue weighted by Crippen LogP contribution is -2.22. The van der Waals surface area contributed by atoms with Gasteiger partial charge in [-0.25, -0.2) is 0 Å². The molecule has 4 nitrogen and oxygen atoms in total. The van der Waals surface area contributed by atoms with Gasteiger partial charge < -0.3 is 4.74 Å². The molecule has 0 amide bonds. The first-order chi connectivity index (χ1) is 10.6. The van der Waals surface area contributed by atoms with E-state index in [2.05, 4.69) is 62.8 Å². The van der Waals surface area contributed by atoms with Crippen LogP contribution in [0, 0.1) is 7.14 Å². The lowest BCUT2D eigenvalue weighted by Gasteiger charge is -2.08. The molecule has 0 aliphatic carbocycles. The van der Waals surface area contributed by atoms with Crippen LogP contribution in [-0.4, -0.2) is 19.6 Å². The second kappa shape index (κ2) is 8.68. The third-order valence-corrected chi connectivity index (χ3v) is 4.55. The summed E-state index contributed by atoms with van der Waals surface area (Å²) in [5.41, 5.74) is 4.41. The van der Waals surface area contributed by atoms with E-state index in [1.165, 1.54) is 0 Å². The Morgan fingerprint density at radius 1 is 1.14 bits per heavy atom. The van der Waals surface area contributed by atoms with Gasteiger partial charge in [-0.2, -0.15) is 4.84 Å². The molecule has 1 N–H and O–H groups in total. The van der Waals surface area contributed by atoms with Crippen LogP contribution >= 0.6 is 45.2 Å². The van der Waals surface area contributed by atoms with E-state index < -0.39 is 0 Å². The number of methoxy groups -OCH3 is 1. The summed E-state index contributed by atoms with van der Waals surface area (Å²) in [6.07, 6.45) is 0.762. The zero-order valence-corrected chi connectivity index (χ0v) is 16.3. The van der Waals surface area contributed by atoms with Crippen molar-refractivity contribution in [3.8, 4) is 5.75 Å². The third kappa shape index (κ3) is 4.82. The molecule has 0 aromatic heterocycles. The summed E-state index contributed by atoms with van der Waals surface area (Å²) >= 11 is 4.51. The summed E-state index contributed by atoms with van der Waals surface area (Å²) < 4.78 is 7.48. The lowest BCUT2D eigenvalue weighted by atomic mass is 10.1. The molecule has 1 radical (unpaired) electrons. The van der Waals surface area contributed by atoms with Crippen LogP contribution in [0.3, 0.4) is 0 Å². The molecule has 0 aliphatic heterocycles. The van der Waals surface area contributed by atoms with Gasteiger partial charge in [-0.15, -0.1) is 0 Å². The fraction of sp³-hybridized carbons (Fsp3) is 0.188. The van der Waals surface area contributed by atoms with Crippen molar-refractivity contribution < 1.29 is 14.4 Å². The number of hydroxylamine groups is 1. The maximum atomic E-state index is 11.7. The van der Waals surface area contributed by atoms with Crippen LogP contribution in [0.4, 0.5) is 0 Å². The molecule has 0 spiro atoms. The van der Waals surface area contributed by atoms with Crippen LogP contribution < -0.4 is 10.2 Å². The van der Waals surface area contributed by atoms with Crippen LogP contribution in [0.5, 0.6) is 5.75 Å². The van der Waals surface area contributed by atoms with Crippen molar-refractivity contribution in [3.05, 3.63) is 60.7 Å². The minimum absolute atomic E-state index is 0.375. The molecular weight excluding hydrogens is 508 g/mol. The fourth-order valence-electron chi connectivity index (χ4n) is 1.90. The maximum Gasteiger partial charge on any atom is 0.630 e. The van der Waals surface area contributed by atoms with Crippen LogP contribution in [0.15, 0.2) is 42.5 Å². The van der Waals surface area contributed by atoms with Gasteiger partial charge in [0.15, 0.2) is 0 Å². The summed E-state index contributed by atoms with van der Waals surface area (Å²) in [6.45, 7) is 0.553. The molecule has 2 rings (SSSR count). The van der Waals surface area contributed by atoms with Crippen molar-refractivity contribution >= 4 is 51.2 Å². The third-order valence-electron chi connectivity index (χ3n) is 2.95. The molecule has 0 bridgehead atoms. The average Bonchev–Trinajstić information content (AvgIpc) is 2.52. The summed E-state index contributed by atoms with van der Waals surface area (Å²) in [7, 11) is 1.67. The van der Waals surface area contributed by atoms with Gasteiger partial charge in [0.2, 0.25) is 0 Å². The Bertz CT molecular complexity index is 624. The number of carbonyl (C=O) groups is 1. The summed E-state index contributed by atoms with van der Waals surface area (Å²) in [5.74, 6) is 0.521. The van der Waals surface area contributed by atoms with E-state index >= 15 is 0 Å². The Morgan fingerprint density at radius 3 is 2.36 bits per heavy atom. The molecule has 0 saturated carbocycles. The number of rotatable bonds is 6. The summed E-state index contributed by atoms with van der Waals surface area (Å²) in [5, 5.41) is 0. The highest BCUT2D eigenvalue weighted by molar-refractivity contribution is 14.1. The number of halogens is 2. The molecule has 0 unspecified atom stereocenters. The highest BCUT2D eigenvalue weighted by atomic mass is 127. The Morgan fingerprint density at radius 2 is 1.77 bits per heavy atom. The highest BCUT2D eigenvalue weighted by Gasteiger charge is 2.20. The minimum atomic E-state index is -0.375. The van der Waals surface area contributed by atoms with Crippen molar-refractivity contribution in [2.75, 3.05) is 13.7 Å². The van der Waals surface area contributed by atoms with Gasteiger partial charge in [-0.3, -0.25) is 0 Å². The van der Waals surface area contributed by atoms with E-state index in [1.54, 1.807) is 31.4 Å². The molecule has 22 heavy (non-hydrogen) atoms. The molecule has 0 saturated heterocycles. The molecule has 0 heterocycles. The SMILES string of the molecule is COc1c(I)cc(CCNOC(=[O+])c2ccccc2)cc1I. The monoisotopic (exact) mass is 523 g/mol. The van der Waals surface area contributed by atoms with Crippen molar-refractivity contribution in [3.63, 3.8) is 0 Å². The van der Waals surface area contributed by atoms with Crippen molar-refractivity contribution in [2.24, 2.45) is 0 Å². The summed E-state index contributed by atoms with van der Waals surface area (Å²) in [4.78, 5) is 16.8. The van der Waals surface area contributed by atoms with Gasteiger partial charge in [0, 0.05) is 0 Å². The van der Waals surface area contributed by atoms with E-state index in [0.717, 1.165) is 24.9 Å². The number of ether oxygens (including phenoxy) is 1. The molecule has 115 valence electrons. The van der Waals surface area contributed by atoms with Gasteiger partial charge >= 0.3 is 5.97 Å². The standard InChI is InChI=1S/C16H15I2NO3/c1-21-15-13(17)9-11(10-14(15)18)7-8-19-22-16(20)12-5-3-2-4-6-12/h2-6,9-10,19H,7-8H2,1H3/q+1. The van der Waals surface area contributed by atoms with Crippen LogP contribution in [-0.2, 0) is 11.3 Å². The first-order valence-corrected chi connectivity index (χ1v) is 8.78. The van der Waals surface area contributed by atoms with Crippen LogP contribution in [0.1, 0.15) is 15.9 Å². The van der Waals surface area contributed by atoms with E-state index in [9.17, 15) is 4.79 Å². The van der Waals surface area contributed by atoms with Gasteiger partial charge in [0.05, 0.1) is 25.6 Å². The predicted octanol–water partition coefficient (Wildman–Crippen LogP) is 3.81. The van der Waals surface area contributed by atoms with Crippen molar-refractivity contribution in [1.29, 1.82) is 0 Å². The normalized spacial score (nSPS) is 10.3. The summed E-state index contributed by atoms with van der Waals surface area (Å²) in [6, 6.07) is 13.0. The second-order valence-corrected chi connectivity index (χ2v) is 6.82. The van der Waals surface area contributed by atoms with Crippen LogP contribution in [0.2, 0.25) is 0 Å². The lowest BCUT2D eigenvalue weighted by molar-refractivity contribution is 0.0257. The smallest absolute Gasteiger partial charge is 0.495 e. The minimum Gasteiger partial charge on any atom is -0.495 e. The van der Waals surface area contributed by atoms with Gasteiger partial charge in [-0.05, 0) is 86.9 Å². The zero-order chi connectivity index (χ0) is 15.9. The predicted molar refractivity (Wildman–Crippen MR) is 102 cm³/mol. The van der Waals surface area contributed by atoms with Gasteiger partial charge in [0.1, 0.15) is 11.3 Å². The highest BCUT2D eigenvalue weighted by Crippen LogP contribution is 2.28. The second-order valence-electron chi connectivity index (χ2n) is 4.49. The van der Waals surface area contributed by atoms with E-state index in [1.807, 2.05) is 6.07 Å². The van der Waals surface area contributed by atoms with E-state index in [-0.39, 0.29) is 5.97 Å². The topological polar surface area (TPSA) is 50.4 Å². The number of hydrogen-bond acceptors (Lipinski definition) is 4. The number of nitrogens with one attached hydrogen (secondary N) is 1. The quantitative estimate of drug-likeness (QED) is 0.271.